The maximum absolute atomic E-state index is 12.2. The third kappa shape index (κ3) is 2.32. The van der Waals surface area contributed by atoms with Crippen LogP contribution in [0.2, 0.25) is 0 Å². The number of rotatable bonds is 2. The van der Waals surface area contributed by atoms with Gasteiger partial charge in [-0.2, -0.15) is 21.6 Å². The minimum atomic E-state index is -5.58. The summed E-state index contributed by atoms with van der Waals surface area (Å²) in [7, 11) is -5.58. The fraction of sp³-hybridized carbons (Fsp3) is 0.333. The molecule has 0 bridgehead atoms. The average Bonchev–Trinajstić information content (AvgIpc) is 2.64. The van der Waals surface area contributed by atoms with Crippen LogP contribution in [0.3, 0.4) is 0 Å². The molecule has 1 aromatic heterocycles. The van der Waals surface area contributed by atoms with E-state index >= 15 is 0 Å². The Balaban J connectivity index is 2.31. The summed E-state index contributed by atoms with van der Waals surface area (Å²) in [6, 6.07) is 1.55. The van der Waals surface area contributed by atoms with Crippen molar-refractivity contribution in [3.63, 3.8) is 0 Å². The molecule has 94 valence electrons. The molecule has 0 saturated carbocycles. The van der Waals surface area contributed by atoms with Crippen molar-refractivity contribution in [1.82, 2.24) is 0 Å². The molecule has 0 atom stereocenters. The van der Waals surface area contributed by atoms with E-state index in [9.17, 15) is 21.6 Å². The second kappa shape index (κ2) is 4.02. The summed E-state index contributed by atoms with van der Waals surface area (Å²) in [6.45, 7) is 0. The van der Waals surface area contributed by atoms with Gasteiger partial charge in [-0.3, -0.25) is 0 Å². The molecular formula is C9H7F3O3S2. The Morgan fingerprint density at radius 3 is 2.71 bits per heavy atom. The molecule has 1 aromatic rings. The van der Waals surface area contributed by atoms with Crippen molar-refractivity contribution in [2.24, 2.45) is 0 Å². The topological polar surface area (TPSA) is 43.4 Å². The molecule has 8 heteroatoms. The fourth-order valence-electron chi connectivity index (χ4n) is 1.44. The van der Waals surface area contributed by atoms with Crippen molar-refractivity contribution < 1.29 is 25.8 Å². The van der Waals surface area contributed by atoms with E-state index in [-0.39, 0.29) is 5.76 Å². The van der Waals surface area contributed by atoms with E-state index in [0.717, 1.165) is 4.88 Å². The summed E-state index contributed by atoms with van der Waals surface area (Å²) in [5.41, 5.74) is -4.98. The second-order valence-electron chi connectivity index (χ2n) is 3.35. The fourth-order valence-corrected chi connectivity index (χ4v) is 2.83. The summed E-state index contributed by atoms with van der Waals surface area (Å²) in [5.74, 6) is -0.232. The largest absolute Gasteiger partial charge is 0.534 e. The zero-order chi connectivity index (χ0) is 12.7. The van der Waals surface area contributed by atoms with Crippen LogP contribution < -0.4 is 0 Å². The van der Waals surface area contributed by atoms with E-state index in [1.54, 1.807) is 11.4 Å². The third-order valence-electron chi connectivity index (χ3n) is 2.19. The van der Waals surface area contributed by atoms with Gasteiger partial charge in [-0.15, -0.1) is 11.3 Å². The average molecular weight is 284 g/mol. The summed E-state index contributed by atoms with van der Waals surface area (Å²) >= 11 is 1.37. The number of alkyl halides is 3. The van der Waals surface area contributed by atoms with Gasteiger partial charge in [-0.25, -0.2) is 0 Å². The van der Waals surface area contributed by atoms with Crippen molar-refractivity contribution in [2.75, 3.05) is 0 Å². The number of halogens is 3. The number of aryl methyl sites for hydroxylation is 1. The normalized spacial score (nSPS) is 16.3. The summed E-state index contributed by atoms with van der Waals surface area (Å²) in [6.07, 6.45) is 2.51. The Morgan fingerprint density at radius 2 is 2.06 bits per heavy atom. The molecule has 0 radical (unpaired) electrons. The van der Waals surface area contributed by atoms with Gasteiger partial charge < -0.3 is 4.18 Å². The van der Waals surface area contributed by atoms with E-state index in [1.165, 1.54) is 17.4 Å². The van der Waals surface area contributed by atoms with Crippen LogP contribution in [0.15, 0.2) is 17.5 Å². The van der Waals surface area contributed by atoms with Gasteiger partial charge in [-0.05, 0) is 30.4 Å². The number of thiophene rings is 1. The quantitative estimate of drug-likeness (QED) is 0.619. The molecule has 2 rings (SSSR count). The van der Waals surface area contributed by atoms with E-state index < -0.39 is 15.6 Å². The number of hydrogen-bond acceptors (Lipinski definition) is 4. The Morgan fingerprint density at radius 1 is 1.35 bits per heavy atom. The van der Waals surface area contributed by atoms with Crippen LogP contribution in [0.5, 0.6) is 0 Å². The molecule has 0 aliphatic heterocycles. The molecule has 1 heterocycles. The lowest BCUT2D eigenvalue weighted by molar-refractivity contribution is -0.0509. The highest BCUT2D eigenvalue weighted by molar-refractivity contribution is 7.87. The van der Waals surface area contributed by atoms with E-state index in [2.05, 4.69) is 4.18 Å². The van der Waals surface area contributed by atoms with Crippen LogP contribution in [0, 0.1) is 0 Å². The first kappa shape index (κ1) is 12.4. The molecular weight excluding hydrogens is 277 g/mol. The van der Waals surface area contributed by atoms with Crippen molar-refractivity contribution in [3.05, 3.63) is 28.0 Å². The van der Waals surface area contributed by atoms with E-state index in [4.69, 9.17) is 0 Å². The van der Waals surface area contributed by atoms with Gasteiger partial charge in [0.25, 0.3) is 0 Å². The first-order valence-corrected chi connectivity index (χ1v) is 6.88. The number of hydrogen-bond donors (Lipinski definition) is 0. The van der Waals surface area contributed by atoms with Gasteiger partial charge in [0.2, 0.25) is 0 Å². The Kier molecular flexibility index (Phi) is 2.94. The molecule has 0 aromatic carbocycles. The van der Waals surface area contributed by atoms with Gasteiger partial charge in [0.1, 0.15) is 5.76 Å². The number of fused-ring (bicyclic) bond motifs is 1. The number of allylic oxidation sites excluding steroid dienone is 1. The molecule has 1 aliphatic rings. The zero-order valence-electron chi connectivity index (χ0n) is 8.32. The van der Waals surface area contributed by atoms with Crippen molar-refractivity contribution >= 4 is 27.2 Å². The lowest BCUT2D eigenvalue weighted by atomic mass is 10.1. The Hall–Kier alpha value is -1.02. The standard InChI is InChI=1S/C9H7F3O3S2/c10-9(11,12)17(13,14)15-7-2-1-3-8-6(7)4-5-16-8/h2,4-5H,1,3H2. The van der Waals surface area contributed by atoms with Gasteiger partial charge in [-0.1, -0.05) is 0 Å². The minimum absolute atomic E-state index is 0.232. The van der Waals surface area contributed by atoms with Crippen LogP contribution in [0.25, 0.3) is 5.76 Å². The lowest BCUT2D eigenvalue weighted by Gasteiger charge is -2.15. The van der Waals surface area contributed by atoms with Gasteiger partial charge in [0.05, 0.1) is 0 Å². The molecule has 0 unspecified atom stereocenters. The summed E-state index contributed by atoms with van der Waals surface area (Å²) in [5, 5.41) is 1.69. The summed E-state index contributed by atoms with van der Waals surface area (Å²) < 4.78 is 62.3. The third-order valence-corrected chi connectivity index (χ3v) is 4.14. The van der Waals surface area contributed by atoms with Gasteiger partial charge in [0.15, 0.2) is 0 Å². The van der Waals surface area contributed by atoms with E-state index in [0.29, 0.717) is 18.4 Å². The van der Waals surface area contributed by atoms with Crippen LogP contribution >= 0.6 is 11.3 Å². The lowest BCUT2D eigenvalue weighted by Crippen LogP contribution is -2.25. The monoisotopic (exact) mass is 284 g/mol. The molecule has 0 spiro atoms. The van der Waals surface area contributed by atoms with E-state index in [1.807, 2.05) is 0 Å². The highest BCUT2D eigenvalue weighted by Crippen LogP contribution is 2.35. The first-order valence-electron chi connectivity index (χ1n) is 4.59. The molecule has 1 aliphatic carbocycles. The van der Waals surface area contributed by atoms with Gasteiger partial charge >= 0.3 is 15.6 Å². The maximum Gasteiger partial charge on any atom is 0.534 e. The zero-order valence-corrected chi connectivity index (χ0v) is 9.95. The molecule has 0 amide bonds. The Bertz CT molecular complexity index is 554. The SMILES string of the molecule is O=S(=O)(OC1=CCCc2sccc21)C(F)(F)F. The second-order valence-corrected chi connectivity index (χ2v) is 5.89. The minimum Gasteiger partial charge on any atom is -0.376 e. The van der Waals surface area contributed by atoms with Crippen LogP contribution in [-0.2, 0) is 20.7 Å². The van der Waals surface area contributed by atoms with Gasteiger partial charge in [0, 0.05) is 10.4 Å². The highest BCUT2D eigenvalue weighted by atomic mass is 32.2. The van der Waals surface area contributed by atoms with Crippen LogP contribution in [-0.4, -0.2) is 13.9 Å². The van der Waals surface area contributed by atoms with Crippen LogP contribution in [0.4, 0.5) is 13.2 Å². The molecule has 0 saturated heterocycles. The first-order chi connectivity index (χ1) is 7.81. The van der Waals surface area contributed by atoms with Crippen molar-refractivity contribution in [3.8, 4) is 0 Å². The van der Waals surface area contributed by atoms with Crippen LogP contribution in [0.1, 0.15) is 16.9 Å². The van der Waals surface area contributed by atoms with Crippen molar-refractivity contribution in [2.45, 2.75) is 18.3 Å². The Labute approximate surface area is 99.6 Å². The molecule has 0 fully saturated rings. The molecule has 0 N–H and O–H groups in total. The predicted molar refractivity (Wildman–Crippen MR) is 56.7 cm³/mol. The highest BCUT2D eigenvalue weighted by Gasteiger charge is 2.49. The molecule has 3 nitrogen and oxygen atoms in total. The summed E-state index contributed by atoms with van der Waals surface area (Å²) in [4.78, 5) is 0.833. The molecule has 17 heavy (non-hydrogen) atoms. The van der Waals surface area contributed by atoms with Crippen molar-refractivity contribution in [1.29, 1.82) is 0 Å². The predicted octanol–water partition coefficient (Wildman–Crippen LogP) is 2.90. The maximum atomic E-state index is 12.2. The smallest absolute Gasteiger partial charge is 0.376 e.